The number of anilines is 1. The van der Waals surface area contributed by atoms with E-state index in [0.717, 1.165) is 98.9 Å². The first-order chi connectivity index (χ1) is 34.7. The Morgan fingerprint density at radius 1 is 0.429 bits per heavy atom. The van der Waals surface area contributed by atoms with Gasteiger partial charge < -0.3 is 5.32 Å². The number of fused-ring (bicyclic) bond motifs is 14. The first-order valence-electron chi connectivity index (χ1n) is 24.3. The summed E-state index contributed by atoms with van der Waals surface area (Å²) in [6.45, 7) is 0.787. The van der Waals surface area contributed by atoms with E-state index in [4.69, 9.17) is 24.9 Å². The number of hydrogen-bond donors (Lipinski definition) is 1. The number of aromatic nitrogens is 7. The van der Waals surface area contributed by atoms with Crippen LogP contribution < -0.4 is 5.32 Å². The van der Waals surface area contributed by atoms with E-state index in [1.54, 1.807) is 0 Å². The van der Waals surface area contributed by atoms with Crippen molar-refractivity contribution in [1.29, 1.82) is 0 Å². The summed E-state index contributed by atoms with van der Waals surface area (Å²) in [5, 5.41) is 12.0. The lowest BCUT2D eigenvalue weighted by atomic mass is 9.74. The number of aryl methyl sites for hydroxylation is 4. The van der Waals surface area contributed by atoms with E-state index in [1.165, 1.54) is 88.2 Å². The lowest BCUT2D eigenvalue weighted by molar-refractivity contribution is 0.881. The van der Waals surface area contributed by atoms with Crippen molar-refractivity contribution in [1.82, 2.24) is 34.1 Å². The number of pyridine rings is 5. The molecular formula is C62H40N8. The van der Waals surface area contributed by atoms with Crippen molar-refractivity contribution in [2.45, 2.75) is 25.7 Å². The van der Waals surface area contributed by atoms with Crippen molar-refractivity contribution >= 4 is 88.1 Å². The van der Waals surface area contributed by atoms with Crippen LogP contribution in [-0.2, 0) is 25.7 Å². The van der Waals surface area contributed by atoms with Gasteiger partial charge in [0.05, 0.1) is 44.3 Å². The Morgan fingerprint density at radius 3 is 1.61 bits per heavy atom. The van der Waals surface area contributed by atoms with Crippen molar-refractivity contribution in [2.24, 2.45) is 0 Å². The summed E-state index contributed by atoms with van der Waals surface area (Å²) in [6, 6.07) is 48.8. The van der Waals surface area contributed by atoms with Crippen LogP contribution in [0.5, 0.6) is 0 Å². The van der Waals surface area contributed by atoms with Crippen LogP contribution in [0.3, 0.4) is 0 Å². The highest BCUT2D eigenvalue weighted by atomic mass is 15.1. The standard InChI is InChI=1S/C62H40N8/c1-3-23-63-53(13-1)69-51-21-17-35(45-33-39-9-5-25-65-57(39)59-41(45)11-7-27-67-59)29-47(51)49-31-37-15-16-38-32-50-48-30-36(46-34-40-10-6-26-66-58(40)60-42(46)12-8-28-68-60)18-22-52(48)70(54-14-2-4-24-64-54)62(50)44-20-19-43(61(49)69)55(37)56(38)44/h1-14,17-18,21-27,29-34,68H,15-16,19-20,28H2. The molecule has 0 unspecified atom stereocenters. The highest BCUT2D eigenvalue weighted by molar-refractivity contribution is 6.18. The second-order valence-corrected chi connectivity index (χ2v) is 19.1. The van der Waals surface area contributed by atoms with Gasteiger partial charge in [0.15, 0.2) is 0 Å². The molecule has 1 aliphatic heterocycles. The number of hydrogen-bond acceptors (Lipinski definition) is 6. The molecule has 8 nitrogen and oxygen atoms in total. The summed E-state index contributed by atoms with van der Waals surface area (Å²) >= 11 is 0. The van der Waals surface area contributed by atoms with Gasteiger partial charge in [-0.1, -0.05) is 54.6 Å². The lowest BCUT2D eigenvalue weighted by Crippen LogP contribution is -2.16. The van der Waals surface area contributed by atoms with Gasteiger partial charge in [0.25, 0.3) is 0 Å². The van der Waals surface area contributed by atoms with Crippen LogP contribution in [0.4, 0.5) is 5.69 Å². The maximum absolute atomic E-state index is 5.03. The van der Waals surface area contributed by atoms with Crippen LogP contribution in [0, 0.1) is 0 Å². The topological polar surface area (TPSA) is 86.3 Å². The van der Waals surface area contributed by atoms with E-state index in [-0.39, 0.29) is 0 Å². The van der Waals surface area contributed by atoms with Crippen LogP contribution in [-0.4, -0.2) is 40.6 Å². The number of benzene rings is 6. The van der Waals surface area contributed by atoms with E-state index in [2.05, 4.69) is 130 Å². The summed E-state index contributed by atoms with van der Waals surface area (Å²) in [5.41, 5.74) is 23.2. The zero-order valence-corrected chi connectivity index (χ0v) is 37.9. The van der Waals surface area contributed by atoms with E-state index in [1.807, 2.05) is 61.3 Å². The number of nitrogens with zero attached hydrogens (tertiary/aromatic N) is 7. The molecule has 0 bridgehead atoms. The van der Waals surface area contributed by atoms with Crippen molar-refractivity contribution in [3.8, 4) is 45.0 Å². The predicted octanol–water partition coefficient (Wildman–Crippen LogP) is 14.0. The Bertz CT molecular complexity index is 4470. The second kappa shape index (κ2) is 14.3. The SMILES string of the molecule is C1=Cc2c(-c3ccc4c(c3)c3cc5c6c(c3n4-c3ccccn3)CCc3c-6c(cc4c6cc(-c7cc8cccnc8c8ncccc78)ccc6n(-c6ccccn6)c34)CC5)cc3cccnc3c2NC1. The van der Waals surface area contributed by atoms with Crippen LogP contribution in [0.25, 0.3) is 127 Å². The molecule has 0 saturated heterocycles. The molecule has 0 radical (unpaired) electrons. The van der Waals surface area contributed by atoms with Gasteiger partial charge in [-0.15, -0.1) is 0 Å². The Morgan fingerprint density at radius 2 is 0.986 bits per heavy atom. The minimum atomic E-state index is 0.787. The summed E-state index contributed by atoms with van der Waals surface area (Å²) < 4.78 is 4.88. The molecule has 328 valence electrons. The Hall–Kier alpha value is -9.01. The van der Waals surface area contributed by atoms with Gasteiger partial charge >= 0.3 is 0 Å². The van der Waals surface area contributed by atoms with Gasteiger partial charge in [0.2, 0.25) is 0 Å². The summed E-state index contributed by atoms with van der Waals surface area (Å²) in [6.07, 6.45) is 17.7. The molecule has 0 saturated carbocycles. The molecule has 0 atom stereocenters. The minimum Gasteiger partial charge on any atom is -0.379 e. The average Bonchev–Trinajstić information content (AvgIpc) is 3.94. The maximum atomic E-state index is 5.03. The maximum Gasteiger partial charge on any atom is 0.137 e. The van der Waals surface area contributed by atoms with Crippen molar-refractivity contribution < 1.29 is 0 Å². The highest BCUT2D eigenvalue weighted by Gasteiger charge is 2.33. The molecule has 16 rings (SSSR count). The summed E-state index contributed by atoms with van der Waals surface area (Å²) in [7, 11) is 0. The molecule has 2 aliphatic carbocycles. The van der Waals surface area contributed by atoms with Crippen LogP contribution >= 0.6 is 0 Å². The highest BCUT2D eigenvalue weighted by Crippen LogP contribution is 2.52. The second-order valence-electron chi connectivity index (χ2n) is 19.1. The minimum absolute atomic E-state index is 0.787. The molecular weight excluding hydrogens is 857 g/mol. The third-order valence-electron chi connectivity index (χ3n) is 15.5. The van der Waals surface area contributed by atoms with E-state index in [0.29, 0.717) is 0 Å². The number of rotatable bonds is 4. The fourth-order valence-corrected chi connectivity index (χ4v) is 12.6. The van der Waals surface area contributed by atoms with E-state index < -0.39 is 0 Å². The summed E-state index contributed by atoms with van der Waals surface area (Å²) in [5.74, 6) is 1.86. The van der Waals surface area contributed by atoms with Crippen molar-refractivity contribution in [2.75, 3.05) is 11.9 Å². The molecule has 8 heteroatoms. The molecule has 70 heavy (non-hydrogen) atoms. The quantitative estimate of drug-likeness (QED) is 0.177. The molecule has 8 heterocycles. The van der Waals surface area contributed by atoms with Gasteiger partial charge in [-0.25, -0.2) is 9.97 Å². The molecule has 3 aliphatic rings. The molecule has 0 fully saturated rings. The molecule has 13 aromatic rings. The number of nitrogens with one attached hydrogen (secondary N) is 1. The normalized spacial score (nSPS) is 13.8. The molecule has 0 spiro atoms. The van der Waals surface area contributed by atoms with Gasteiger partial charge in [0.1, 0.15) is 11.6 Å². The first kappa shape index (κ1) is 38.0. The lowest BCUT2D eigenvalue weighted by Gasteiger charge is -2.31. The monoisotopic (exact) mass is 896 g/mol. The predicted molar refractivity (Wildman–Crippen MR) is 285 cm³/mol. The smallest absolute Gasteiger partial charge is 0.137 e. The Labute approximate surface area is 401 Å². The third-order valence-corrected chi connectivity index (χ3v) is 15.5. The zero-order chi connectivity index (χ0) is 45.6. The molecule has 1 N–H and O–H groups in total. The molecule has 6 aromatic carbocycles. The first-order valence-corrected chi connectivity index (χ1v) is 24.3. The molecule has 0 amide bonds. The average molecular weight is 897 g/mol. The Kier molecular flexibility index (Phi) is 7.74. The fraction of sp³-hybridized carbons (Fsp3) is 0.0806. The van der Waals surface area contributed by atoms with Gasteiger partial charge in [-0.2, -0.15) is 0 Å². The van der Waals surface area contributed by atoms with E-state index >= 15 is 0 Å². The summed E-state index contributed by atoms with van der Waals surface area (Å²) in [4.78, 5) is 24.5. The van der Waals surface area contributed by atoms with Gasteiger partial charge in [0, 0.05) is 80.8 Å². The van der Waals surface area contributed by atoms with Crippen LogP contribution in [0.1, 0.15) is 27.8 Å². The zero-order valence-electron chi connectivity index (χ0n) is 37.9. The Balaban J connectivity index is 0.954. The fourth-order valence-electron chi connectivity index (χ4n) is 12.6. The van der Waals surface area contributed by atoms with Crippen LogP contribution in [0.15, 0.2) is 171 Å². The molecule has 7 aromatic heterocycles. The van der Waals surface area contributed by atoms with Crippen LogP contribution in [0.2, 0.25) is 0 Å². The van der Waals surface area contributed by atoms with E-state index in [9.17, 15) is 0 Å². The largest absolute Gasteiger partial charge is 0.379 e. The van der Waals surface area contributed by atoms with Crippen molar-refractivity contribution in [3.63, 3.8) is 0 Å². The van der Waals surface area contributed by atoms with Gasteiger partial charge in [-0.05, 0) is 172 Å². The van der Waals surface area contributed by atoms with Gasteiger partial charge in [-0.3, -0.25) is 24.1 Å². The third kappa shape index (κ3) is 5.22. The van der Waals surface area contributed by atoms with Crippen molar-refractivity contribution in [3.05, 3.63) is 198 Å².